The highest BCUT2D eigenvalue weighted by Crippen LogP contribution is 2.37. The maximum absolute atomic E-state index is 13.3. The largest absolute Gasteiger partial charge is 0.486 e. The molecule has 3 aromatic rings. The number of aryl methyl sites for hydroxylation is 2. The number of hydrogen-bond acceptors (Lipinski definition) is 7. The van der Waals surface area contributed by atoms with Crippen molar-refractivity contribution < 1.29 is 28.4 Å². The Morgan fingerprint density at radius 2 is 1.82 bits per heavy atom. The molecule has 0 saturated carbocycles. The first kappa shape index (κ1) is 21.7. The average molecular weight is 464 g/mol. The molecule has 0 aliphatic carbocycles. The Kier molecular flexibility index (Phi) is 4.96. The minimum absolute atomic E-state index is 0.352. The Morgan fingerprint density at radius 3 is 2.53 bits per heavy atom. The van der Waals surface area contributed by atoms with E-state index in [1.165, 1.54) is 0 Å². The van der Waals surface area contributed by atoms with Gasteiger partial charge in [-0.1, -0.05) is 11.2 Å². The first-order chi connectivity index (χ1) is 16.2. The molecule has 0 spiro atoms. The average Bonchev–Trinajstić information content (AvgIpc) is 3.43. The minimum Gasteiger partial charge on any atom is -0.486 e. The number of nitrogens with zero attached hydrogens (tertiary/aromatic N) is 3. The molecule has 10 heteroatoms. The molecule has 0 unspecified atom stereocenters. The predicted octanol–water partition coefficient (Wildman–Crippen LogP) is 2.81. The number of fused-ring (bicyclic) bond motifs is 1. The fourth-order valence-electron chi connectivity index (χ4n) is 4.48. The highest BCUT2D eigenvalue weighted by atomic mass is 16.6. The van der Waals surface area contributed by atoms with Gasteiger partial charge in [-0.3, -0.25) is 19.1 Å². The van der Waals surface area contributed by atoms with Crippen molar-refractivity contribution >= 4 is 17.7 Å². The summed E-state index contributed by atoms with van der Waals surface area (Å²) in [7, 11) is 0. The number of ether oxygens (including phenoxy) is 2. The molecular formula is C24H24N4O6. The van der Waals surface area contributed by atoms with Gasteiger partial charge < -0.3 is 19.3 Å². The zero-order valence-corrected chi connectivity index (χ0v) is 19.3. The molecule has 1 saturated heterocycles. The lowest BCUT2D eigenvalue weighted by atomic mass is 9.91. The molecule has 5 rings (SSSR count). The third-order valence-electron chi connectivity index (χ3n) is 6.27. The predicted molar refractivity (Wildman–Crippen MR) is 119 cm³/mol. The number of urea groups is 1. The van der Waals surface area contributed by atoms with Crippen molar-refractivity contribution in [3.05, 3.63) is 58.6 Å². The molecule has 176 valence electrons. The number of Topliss-reactive ketones (excluding diaryl/α,β-unsaturated/α-hetero) is 1. The number of ketones is 1. The fraction of sp³-hybridized carbons (Fsp3) is 0.333. The van der Waals surface area contributed by atoms with Crippen LogP contribution in [0.3, 0.4) is 0 Å². The second-order valence-electron chi connectivity index (χ2n) is 8.64. The van der Waals surface area contributed by atoms with E-state index in [0.29, 0.717) is 53.1 Å². The van der Waals surface area contributed by atoms with E-state index in [9.17, 15) is 14.4 Å². The van der Waals surface area contributed by atoms with E-state index in [2.05, 4.69) is 10.5 Å². The van der Waals surface area contributed by atoms with Crippen LogP contribution < -0.4 is 14.8 Å². The summed E-state index contributed by atoms with van der Waals surface area (Å²) < 4.78 is 18.1. The Balaban J connectivity index is 1.40. The summed E-state index contributed by atoms with van der Waals surface area (Å²) in [4.78, 5) is 40.2. The van der Waals surface area contributed by atoms with Gasteiger partial charge in [0, 0.05) is 23.0 Å². The first-order valence-corrected chi connectivity index (χ1v) is 10.9. The highest BCUT2D eigenvalue weighted by molar-refractivity contribution is 6.11. The SMILES string of the molecule is Cc1cc(-n2c(C)cc(C(=O)CN3C(=O)N[C@@](C)(c4ccc5c(c4)OCCO5)C3=O)c2C)no1. The van der Waals surface area contributed by atoms with E-state index in [4.69, 9.17) is 14.0 Å². The van der Waals surface area contributed by atoms with Gasteiger partial charge >= 0.3 is 6.03 Å². The molecule has 2 aromatic heterocycles. The van der Waals surface area contributed by atoms with Gasteiger partial charge in [0.05, 0.1) is 6.54 Å². The third kappa shape index (κ3) is 3.33. The van der Waals surface area contributed by atoms with Crippen LogP contribution in [0, 0.1) is 20.8 Å². The van der Waals surface area contributed by atoms with E-state index in [1.807, 2.05) is 6.92 Å². The van der Waals surface area contributed by atoms with Gasteiger partial charge in [0.2, 0.25) is 0 Å². The van der Waals surface area contributed by atoms with Crippen LogP contribution in [0.5, 0.6) is 11.5 Å². The van der Waals surface area contributed by atoms with Gasteiger partial charge in [-0.25, -0.2) is 4.79 Å². The van der Waals surface area contributed by atoms with Crippen LogP contribution in [0.15, 0.2) is 34.9 Å². The molecule has 34 heavy (non-hydrogen) atoms. The van der Waals surface area contributed by atoms with Gasteiger partial charge in [-0.2, -0.15) is 0 Å². The van der Waals surface area contributed by atoms with Crippen LogP contribution in [0.25, 0.3) is 5.82 Å². The van der Waals surface area contributed by atoms with Crippen molar-refractivity contribution in [1.82, 2.24) is 19.9 Å². The quantitative estimate of drug-likeness (QED) is 0.456. The summed E-state index contributed by atoms with van der Waals surface area (Å²) in [6.07, 6.45) is 0. The summed E-state index contributed by atoms with van der Waals surface area (Å²) in [6, 6.07) is 7.97. The highest BCUT2D eigenvalue weighted by Gasteiger charge is 2.50. The molecule has 1 fully saturated rings. The summed E-state index contributed by atoms with van der Waals surface area (Å²) in [5.74, 6) is 1.44. The lowest BCUT2D eigenvalue weighted by molar-refractivity contribution is -0.130. The smallest absolute Gasteiger partial charge is 0.325 e. The molecular weight excluding hydrogens is 440 g/mol. The molecule has 1 aromatic carbocycles. The van der Waals surface area contributed by atoms with Gasteiger partial charge in [-0.05, 0) is 51.5 Å². The summed E-state index contributed by atoms with van der Waals surface area (Å²) in [5, 5.41) is 6.75. The molecule has 3 amide bonds. The summed E-state index contributed by atoms with van der Waals surface area (Å²) >= 11 is 0. The van der Waals surface area contributed by atoms with Crippen molar-refractivity contribution in [3.8, 4) is 17.3 Å². The molecule has 2 aliphatic rings. The van der Waals surface area contributed by atoms with Crippen LogP contribution in [0.4, 0.5) is 4.79 Å². The Labute approximate surface area is 195 Å². The van der Waals surface area contributed by atoms with Crippen LogP contribution in [-0.2, 0) is 10.3 Å². The second kappa shape index (κ2) is 7.75. The lowest BCUT2D eigenvalue weighted by Gasteiger charge is -2.25. The monoisotopic (exact) mass is 464 g/mol. The van der Waals surface area contributed by atoms with Crippen LogP contribution in [0.1, 0.15) is 40.0 Å². The Bertz CT molecular complexity index is 1340. The Hall–Kier alpha value is -4.08. The second-order valence-corrected chi connectivity index (χ2v) is 8.64. The third-order valence-corrected chi connectivity index (χ3v) is 6.27. The van der Waals surface area contributed by atoms with Crippen LogP contribution in [0.2, 0.25) is 0 Å². The normalized spacial score (nSPS) is 19.5. The maximum Gasteiger partial charge on any atom is 0.325 e. The maximum atomic E-state index is 13.3. The zero-order chi connectivity index (χ0) is 24.2. The van der Waals surface area contributed by atoms with Crippen molar-refractivity contribution in [2.24, 2.45) is 0 Å². The number of rotatable bonds is 5. The number of carbonyl (C=O) groups excluding carboxylic acids is 3. The van der Waals surface area contributed by atoms with Crippen molar-refractivity contribution in [2.75, 3.05) is 19.8 Å². The lowest BCUT2D eigenvalue weighted by Crippen LogP contribution is -2.41. The molecule has 0 radical (unpaired) electrons. The van der Waals surface area contributed by atoms with Crippen molar-refractivity contribution in [3.63, 3.8) is 0 Å². The van der Waals surface area contributed by atoms with E-state index in [1.54, 1.807) is 55.7 Å². The van der Waals surface area contributed by atoms with Gasteiger partial charge in [0.25, 0.3) is 5.91 Å². The molecule has 2 aliphatic heterocycles. The van der Waals surface area contributed by atoms with Crippen molar-refractivity contribution in [1.29, 1.82) is 0 Å². The molecule has 0 bridgehead atoms. The number of amides is 3. The van der Waals surface area contributed by atoms with E-state index >= 15 is 0 Å². The van der Waals surface area contributed by atoms with Crippen LogP contribution in [-0.4, -0.2) is 52.1 Å². The van der Waals surface area contributed by atoms with E-state index in [0.717, 1.165) is 10.6 Å². The molecule has 1 N–H and O–H groups in total. The fourth-order valence-corrected chi connectivity index (χ4v) is 4.48. The topological polar surface area (TPSA) is 116 Å². The zero-order valence-electron chi connectivity index (χ0n) is 19.3. The number of aromatic nitrogens is 2. The Morgan fingerprint density at radius 1 is 1.09 bits per heavy atom. The summed E-state index contributed by atoms with van der Waals surface area (Å²) in [5.41, 5.74) is 1.06. The van der Waals surface area contributed by atoms with Crippen molar-refractivity contribution in [2.45, 2.75) is 33.2 Å². The standard InChI is InChI=1S/C24H24N4O6/c1-13-9-17(15(3)28(13)21-10-14(2)34-26-21)18(29)12-27-22(30)24(4,25-23(27)31)16-5-6-19-20(11-16)33-8-7-32-19/h5-6,9-11H,7-8,12H2,1-4H3,(H,25,31)/t24-/m0/s1. The first-order valence-electron chi connectivity index (χ1n) is 10.9. The van der Waals surface area contributed by atoms with E-state index < -0.39 is 17.5 Å². The summed E-state index contributed by atoms with van der Waals surface area (Å²) in [6.45, 7) is 7.50. The van der Waals surface area contributed by atoms with Gasteiger partial charge in [0.15, 0.2) is 23.1 Å². The van der Waals surface area contributed by atoms with Gasteiger partial charge in [0.1, 0.15) is 24.5 Å². The number of benzene rings is 1. The molecule has 10 nitrogen and oxygen atoms in total. The van der Waals surface area contributed by atoms with Crippen LogP contribution >= 0.6 is 0 Å². The van der Waals surface area contributed by atoms with Gasteiger partial charge in [-0.15, -0.1) is 0 Å². The number of carbonyl (C=O) groups is 3. The molecule has 4 heterocycles. The minimum atomic E-state index is -1.33. The van der Waals surface area contributed by atoms with E-state index in [-0.39, 0.29) is 12.3 Å². The number of imide groups is 1. The molecule has 1 atom stereocenters. The number of nitrogens with one attached hydrogen (secondary N) is 1. The number of hydrogen-bond donors (Lipinski definition) is 1.